The zero-order valence-corrected chi connectivity index (χ0v) is 14.7. The Morgan fingerprint density at radius 3 is 2.42 bits per heavy atom. The molecule has 1 aliphatic rings. The van der Waals surface area contributed by atoms with E-state index in [0.717, 1.165) is 16.8 Å². The molecule has 126 valence electrons. The first kappa shape index (κ1) is 16.7. The Balaban J connectivity index is 1.92. The third-order valence-corrected chi connectivity index (χ3v) is 5.98. The molecule has 1 heterocycles. The van der Waals surface area contributed by atoms with E-state index >= 15 is 0 Å². The van der Waals surface area contributed by atoms with E-state index in [1.54, 1.807) is 24.1 Å². The number of nitrogens with zero attached hydrogens (tertiary/aromatic N) is 1. The summed E-state index contributed by atoms with van der Waals surface area (Å²) in [5, 5.41) is 0. The summed E-state index contributed by atoms with van der Waals surface area (Å²) >= 11 is 0. The number of sulfonamides is 1. The lowest BCUT2D eigenvalue weighted by molar-refractivity contribution is -0.117. The highest BCUT2D eigenvalue weighted by atomic mass is 32.2. The van der Waals surface area contributed by atoms with Crippen molar-refractivity contribution in [1.29, 1.82) is 0 Å². The molecule has 1 aliphatic heterocycles. The van der Waals surface area contributed by atoms with E-state index in [2.05, 4.69) is 4.72 Å². The van der Waals surface area contributed by atoms with Crippen LogP contribution in [0.2, 0.25) is 0 Å². The molecule has 0 bridgehead atoms. The first-order chi connectivity index (χ1) is 11.2. The Bertz CT molecular complexity index is 890. The third kappa shape index (κ3) is 2.95. The molecule has 0 aliphatic carbocycles. The minimum atomic E-state index is -3.70. The first-order valence-corrected chi connectivity index (χ1v) is 9.18. The zero-order chi connectivity index (χ0) is 17.5. The number of rotatable bonds is 4. The Hall–Kier alpha value is -2.18. The van der Waals surface area contributed by atoms with Crippen LogP contribution in [0.25, 0.3) is 0 Å². The maximum Gasteiger partial charge on any atom is 0.241 e. The number of carbonyl (C=O) groups excluding carboxylic acids is 1. The van der Waals surface area contributed by atoms with Crippen LogP contribution in [0.5, 0.6) is 0 Å². The van der Waals surface area contributed by atoms with Crippen LogP contribution in [0.15, 0.2) is 53.4 Å². The standard InChI is InChI=1S/C18H20N2O3S/c1-18(2,14-7-5-4-6-8-14)19-24(22,23)15-9-10-16-13(11-15)12-17(21)20(16)3/h4-11,19H,12H2,1-3H3. The van der Waals surface area contributed by atoms with Crippen LogP contribution in [0.1, 0.15) is 25.0 Å². The second-order valence-electron chi connectivity index (χ2n) is 6.52. The van der Waals surface area contributed by atoms with Crippen LogP contribution in [-0.4, -0.2) is 21.4 Å². The lowest BCUT2D eigenvalue weighted by atomic mass is 9.96. The fraction of sp³-hybridized carbons (Fsp3) is 0.278. The van der Waals surface area contributed by atoms with Gasteiger partial charge >= 0.3 is 0 Å². The third-order valence-electron chi connectivity index (χ3n) is 4.32. The molecule has 1 amide bonds. The summed E-state index contributed by atoms with van der Waals surface area (Å²) in [6, 6.07) is 14.2. The number of amides is 1. The number of fused-ring (bicyclic) bond motifs is 1. The van der Waals surface area contributed by atoms with E-state index in [1.807, 2.05) is 44.2 Å². The molecule has 0 aromatic heterocycles. The molecule has 5 nitrogen and oxygen atoms in total. The second kappa shape index (κ2) is 5.72. The van der Waals surface area contributed by atoms with Gasteiger partial charge in [0.25, 0.3) is 0 Å². The number of hydrogen-bond donors (Lipinski definition) is 1. The van der Waals surface area contributed by atoms with Gasteiger partial charge in [0.05, 0.1) is 16.9 Å². The normalized spacial score (nSPS) is 14.8. The molecule has 1 N–H and O–H groups in total. The van der Waals surface area contributed by atoms with Gasteiger partial charge in [-0.1, -0.05) is 30.3 Å². The minimum Gasteiger partial charge on any atom is -0.315 e. The van der Waals surface area contributed by atoms with Crippen molar-refractivity contribution < 1.29 is 13.2 Å². The van der Waals surface area contributed by atoms with E-state index in [-0.39, 0.29) is 17.2 Å². The van der Waals surface area contributed by atoms with Gasteiger partial charge in [-0.05, 0) is 43.2 Å². The van der Waals surface area contributed by atoms with Crippen molar-refractivity contribution in [2.45, 2.75) is 30.7 Å². The fourth-order valence-corrected chi connectivity index (χ4v) is 4.37. The number of nitrogens with one attached hydrogen (secondary N) is 1. The highest BCUT2D eigenvalue weighted by Gasteiger charge is 2.30. The average molecular weight is 344 g/mol. The van der Waals surface area contributed by atoms with E-state index in [4.69, 9.17) is 0 Å². The van der Waals surface area contributed by atoms with Gasteiger partial charge < -0.3 is 4.90 Å². The number of likely N-dealkylation sites (N-methyl/N-ethyl adjacent to an activating group) is 1. The van der Waals surface area contributed by atoms with Crippen LogP contribution >= 0.6 is 0 Å². The topological polar surface area (TPSA) is 66.5 Å². The Kier molecular flexibility index (Phi) is 3.97. The van der Waals surface area contributed by atoms with E-state index in [0.29, 0.717) is 0 Å². The highest BCUT2D eigenvalue weighted by molar-refractivity contribution is 7.89. The summed E-state index contributed by atoms with van der Waals surface area (Å²) < 4.78 is 28.3. The molecule has 0 spiro atoms. The molecule has 2 aromatic carbocycles. The summed E-state index contributed by atoms with van der Waals surface area (Å²) in [6.07, 6.45) is 0.233. The van der Waals surface area contributed by atoms with Gasteiger partial charge in [-0.15, -0.1) is 0 Å². The molecular weight excluding hydrogens is 324 g/mol. The second-order valence-corrected chi connectivity index (χ2v) is 8.20. The lowest BCUT2D eigenvalue weighted by Crippen LogP contribution is -2.40. The molecule has 0 radical (unpaired) electrons. The summed E-state index contributed by atoms with van der Waals surface area (Å²) in [6.45, 7) is 3.65. The van der Waals surface area contributed by atoms with Crippen LogP contribution in [0, 0.1) is 0 Å². The smallest absolute Gasteiger partial charge is 0.241 e. The average Bonchev–Trinajstić information content (AvgIpc) is 2.81. The number of anilines is 1. The van der Waals surface area contributed by atoms with Gasteiger partial charge in [-0.3, -0.25) is 4.79 Å². The Morgan fingerprint density at radius 1 is 1.08 bits per heavy atom. The zero-order valence-electron chi connectivity index (χ0n) is 13.9. The Morgan fingerprint density at radius 2 is 1.75 bits per heavy atom. The predicted molar refractivity (Wildman–Crippen MR) is 93.3 cm³/mol. The van der Waals surface area contributed by atoms with Crippen molar-refractivity contribution in [3.05, 3.63) is 59.7 Å². The largest absolute Gasteiger partial charge is 0.315 e. The minimum absolute atomic E-state index is 0.0304. The fourth-order valence-electron chi connectivity index (χ4n) is 2.92. The van der Waals surface area contributed by atoms with Crippen molar-refractivity contribution in [3.8, 4) is 0 Å². The van der Waals surface area contributed by atoms with Crippen molar-refractivity contribution in [1.82, 2.24) is 4.72 Å². The molecule has 3 rings (SSSR count). The van der Waals surface area contributed by atoms with Crippen molar-refractivity contribution in [3.63, 3.8) is 0 Å². The van der Waals surface area contributed by atoms with E-state index < -0.39 is 15.6 Å². The predicted octanol–water partition coefficient (Wildman–Crippen LogP) is 2.42. The molecule has 2 aromatic rings. The Labute approximate surface area is 142 Å². The molecule has 0 saturated carbocycles. The highest BCUT2D eigenvalue weighted by Crippen LogP contribution is 2.30. The van der Waals surface area contributed by atoms with Gasteiger partial charge in [-0.25, -0.2) is 13.1 Å². The molecule has 24 heavy (non-hydrogen) atoms. The van der Waals surface area contributed by atoms with Gasteiger partial charge in [0.15, 0.2) is 0 Å². The van der Waals surface area contributed by atoms with Gasteiger partial charge in [0.2, 0.25) is 15.9 Å². The molecule has 0 saturated heterocycles. The van der Waals surface area contributed by atoms with Crippen molar-refractivity contribution in [2.75, 3.05) is 11.9 Å². The van der Waals surface area contributed by atoms with Crippen LogP contribution in [0.4, 0.5) is 5.69 Å². The molecular formula is C18H20N2O3S. The van der Waals surface area contributed by atoms with Crippen molar-refractivity contribution >= 4 is 21.6 Å². The molecule has 0 atom stereocenters. The van der Waals surface area contributed by atoms with E-state index in [9.17, 15) is 13.2 Å². The number of benzene rings is 2. The number of carbonyl (C=O) groups is 1. The number of hydrogen-bond acceptors (Lipinski definition) is 3. The summed E-state index contributed by atoms with van der Waals surface area (Å²) in [4.78, 5) is 13.5. The molecule has 0 unspecified atom stereocenters. The van der Waals surface area contributed by atoms with Crippen LogP contribution in [-0.2, 0) is 26.8 Å². The van der Waals surface area contributed by atoms with Gasteiger partial charge in [-0.2, -0.15) is 0 Å². The SMILES string of the molecule is CN1C(=O)Cc2cc(S(=O)(=O)NC(C)(C)c3ccccc3)ccc21. The quantitative estimate of drug-likeness (QED) is 0.926. The van der Waals surface area contributed by atoms with Gasteiger partial charge in [0, 0.05) is 12.7 Å². The summed E-state index contributed by atoms with van der Waals surface area (Å²) in [7, 11) is -2.01. The lowest BCUT2D eigenvalue weighted by Gasteiger charge is -2.26. The molecule has 0 fully saturated rings. The first-order valence-electron chi connectivity index (χ1n) is 7.70. The van der Waals surface area contributed by atoms with E-state index in [1.165, 1.54) is 6.07 Å². The van der Waals surface area contributed by atoms with Crippen LogP contribution in [0.3, 0.4) is 0 Å². The summed E-state index contributed by atoms with van der Waals surface area (Å²) in [5.74, 6) is -0.0304. The monoisotopic (exact) mass is 344 g/mol. The maximum atomic E-state index is 12.8. The summed E-state index contributed by atoms with van der Waals surface area (Å²) in [5.41, 5.74) is 1.64. The maximum absolute atomic E-state index is 12.8. The van der Waals surface area contributed by atoms with Crippen molar-refractivity contribution in [2.24, 2.45) is 0 Å². The molecule has 6 heteroatoms. The van der Waals surface area contributed by atoms with Crippen LogP contribution < -0.4 is 9.62 Å². The van der Waals surface area contributed by atoms with Gasteiger partial charge in [0.1, 0.15) is 0 Å².